The molecule has 1 aliphatic rings. The average molecular weight is 515 g/mol. The molecule has 0 unspecified atom stereocenters. The Morgan fingerprint density at radius 3 is 2.18 bits per heavy atom. The number of nitrogens with two attached hydrogens (primary N) is 1. The maximum atomic E-state index is 6.27. The molecule has 0 bridgehead atoms. The van der Waals surface area contributed by atoms with Gasteiger partial charge in [0.2, 0.25) is 0 Å². The molecule has 204 valence electrons. The van der Waals surface area contributed by atoms with Gasteiger partial charge in [0.05, 0.1) is 13.8 Å². The van der Waals surface area contributed by atoms with Crippen molar-refractivity contribution in [2.45, 2.75) is 64.7 Å². The number of anilines is 3. The van der Waals surface area contributed by atoms with Gasteiger partial charge in [-0.3, -0.25) is 5.32 Å². The summed E-state index contributed by atoms with van der Waals surface area (Å²) in [4.78, 5) is 2.55. The Balaban J connectivity index is 1.52. The highest BCUT2D eigenvalue weighted by Gasteiger charge is 2.36. The van der Waals surface area contributed by atoms with Crippen LogP contribution in [-0.4, -0.2) is 33.4 Å². The minimum atomic E-state index is 0.0400. The van der Waals surface area contributed by atoms with E-state index in [0.29, 0.717) is 18.5 Å². The Morgan fingerprint density at radius 1 is 0.921 bits per heavy atom. The molecule has 38 heavy (non-hydrogen) atoms. The van der Waals surface area contributed by atoms with Crippen LogP contribution in [0.25, 0.3) is 0 Å². The van der Waals surface area contributed by atoms with Gasteiger partial charge in [-0.25, -0.2) is 0 Å². The molecule has 0 spiro atoms. The van der Waals surface area contributed by atoms with Gasteiger partial charge < -0.3 is 20.7 Å². The number of methoxy groups -OCH3 is 1. The first-order valence-electron chi connectivity index (χ1n) is 14.1. The molecule has 4 N–H and O–H groups in total. The van der Waals surface area contributed by atoms with Crippen molar-refractivity contribution in [2.75, 3.05) is 49.4 Å². The monoisotopic (exact) mass is 514 g/mol. The number of nitrogens with one attached hydrogen (secondary N) is 2. The predicted molar refractivity (Wildman–Crippen MR) is 163 cm³/mol. The number of hydrogen-bond donors (Lipinski definition) is 3. The highest BCUT2D eigenvalue weighted by Crippen LogP contribution is 2.39. The SMILES string of the molecule is COc1cccc(C2(CNCNc3c(C(C)C)cc(N)cc3C(C)C)CCN(c3ccccc3C)CC2)c1. The number of benzene rings is 3. The molecule has 3 aromatic carbocycles. The van der Waals surface area contributed by atoms with E-state index < -0.39 is 0 Å². The molecule has 1 saturated heterocycles. The summed E-state index contributed by atoms with van der Waals surface area (Å²) in [6, 6.07) is 21.6. The Morgan fingerprint density at radius 2 is 1.58 bits per heavy atom. The molecule has 0 saturated carbocycles. The molecule has 0 amide bonds. The fraction of sp³-hybridized carbons (Fsp3) is 0.455. The van der Waals surface area contributed by atoms with Gasteiger partial charge in [-0.15, -0.1) is 0 Å². The predicted octanol–water partition coefficient (Wildman–Crippen LogP) is 7.03. The van der Waals surface area contributed by atoms with Crippen molar-refractivity contribution < 1.29 is 4.74 Å². The van der Waals surface area contributed by atoms with Gasteiger partial charge in [-0.05, 0) is 84.2 Å². The first-order chi connectivity index (χ1) is 18.2. The van der Waals surface area contributed by atoms with Crippen molar-refractivity contribution >= 4 is 17.1 Å². The molecule has 1 fully saturated rings. The topological polar surface area (TPSA) is 62.6 Å². The third-order valence-electron chi connectivity index (χ3n) is 8.18. The van der Waals surface area contributed by atoms with E-state index in [4.69, 9.17) is 10.5 Å². The van der Waals surface area contributed by atoms with Crippen LogP contribution in [0.2, 0.25) is 0 Å². The smallest absolute Gasteiger partial charge is 0.119 e. The molecule has 5 heteroatoms. The highest BCUT2D eigenvalue weighted by atomic mass is 16.5. The second kappa shape index (κ2) is 12.1. The molecule has 0 radical (unpaired) electrons. The lowest BCUT2D eigenvalue weighted by Gasteiger charge is -2.44. The molecule has 1 heterocycles. The highest BCUT2D eigenvalue weighted by molar-refractivity contribution is 5.65. The van der Waals surface area contributed by atoms with E-state index in [1.54, 1.807) is 7.11 Å². The molecule has 4 rings (SSSR count). The number of rotatable bonds is 10. The van der Waals surface area contributed by atoms with E-state index in [9.17, 15) is 0 Å². The standard InChI is InChI=1S/C33H46N4O/c1-23(2)29-19-27(34)20-30(24(3)4)32(29)36-22-35-21-33(26-11-9-12-28(18-26)38-6)14-16-37(17-15-33)31-13-8-7-10-25(31)5/h7-13,18-20,23-24,35-36H,14-17,21-22,34H2,1-6H3. The van der Waals surface area contributed by atoms with Crippen molar-refractivity contribution in [1.29, 1.82) is 0 Å². The average Bonchev–Trinajstić information content (AvgIpc) is 2.92. The number of nitrogens with zero attached hydrogens (tertiary/aromatic N) is 1. The normalized spacial score (nSPS) is 15.2. The molecule has 0 aliphatic carbocycles. The first kappa shape index (κ1) is 27.8. The molecule has 0 atom stereocenters. The summed E-state index contributed by atoms with van der Waals surface area (Å²) in [5.41, 5.74) is 15.0. The van der Waals surface area contributed by atoms with Crippen LogP contribution < -0.4 is 26.0 Å². The number of aryl methyl sites for hydroxylation is 1. The van der Waals surface area contributed by atoms with Crippen LogP contribution in [0.1, 0.15) is 74.6 Å². The number of hydrogen-bond acceptors (Lipinski definition) is 5. The van der Waals surface area contributed by atoms with Crippen molar-refractivity contribution in [3.8, 4) is 5.75 Å². The van der Waals surface area contributed by atoms with E-state index in [1.165, 1.54) is 33.6 Å². The quantitative estimate of drug-likeness (QED) is 0.154. The number of nitrogen functional groups attached to an aromatic ring is 1. The zero-order valence-electron chi connectivity index (χ0n) is 24.1. The van der Waals surface area contributed by atoms with Crippen molar-refractivity contribution in [1.82, 2.24) is 5.32 Å². The van der Waals surface area contributed by atoms with Crippen molar-refractivity contribution in [3.05, 3.63) is 82.9 Å². The van der Waals surface area contributed by atoms with Crippen molar-refractivity contribution in [3.63, 3.8) is 0 Å². The maximum absolute atomic E-state index is 6.27. The second-order valence-electron chi connectivity index (χ2n) is 11.4. The van der Waals surface area contributed by atoms with Gasteiger partial charge in [-0.2, -0.15) is 0 Å². The summed E-state index contributed by atoms with van der Waals surface area (Å²) in [5, 5.41) is 7.53. The molecule has 3 aromatic rings. The maximum Gasteiger partial charge on any atom is 0.119 e. The van der Waals surface area contributed by atoms with Gasteiger partial charge in [0.25, 0.3) is 0 Å². The number of ether oxygens (including phenoxy) is 1. The van der Waals surface area contributed by atoms with Gasteiger partial charge in [-0.1, -0.05) is 58.0 Å². The number of piperidine rings is 1. The van der Waals surface area contributed by atoms with Crippen LogP contribution in [-0.2, 0) is 5.41 Å². The Bertz CT molecular complexity index is 1180. The molecular formula is C33H46N4O. The van der Waals surface area contributed by atoms with Gasteiger partial charge in [0, 0.05) is 42.1 Å². The third-order valence-corrected chi connectivity index (χ3v) is 8.18. The molecule has 5 nitrogen and oxygen atoms in total. The zero-order valence-corrected chi connectivity index (χ0v) is 24.1. The van der Waals surface area contributed by atoms with Gasteiger partial charge in [0.15, 0.2) is 0 Å². The summed E-state index contributed by atoms with van der Waals surface area (Å²) >= 11 is 0. The lowest BCUT2D eigenvalue weighted by Crippen LogP contribution is -2.49. The van der Waals surface area contributed by atoms with E-state index in [2.05, 4.69) is 105 Å². The second-order valence-corrected chi connectivity index (χ2v) is 11.4. The molecule has 0 aromatic heterocycles. The fourth-order valence-corrected chi connectivity index (χ4v) is 5.89. The first-order valence-corrected chi connectivity index (χ1v) is 14.1. The minimum absolute atomic E-state index is 0.0400. The lowest BCUT2D eigenvalue weighted by molar-refractivity contribution is 0.315. The van der Waals surface area contributed by atoms with Crippen LogP contribution in [0, 0.1) is 6.92 Å². The van der Waals surface area contributed by atoms with E-state index >= 15 is 0 Å². The van der Waals surface area contributed by atoms with E-state index in [-0.39, 0.29) is 5.41 Å². The largest absolute Gasteiger partial charge is 0.497 e. The zero-order chi connectivity index (χ0) is 27.3. The third kappa shape index (κ3) is 6.10. The molecular weight excluding hydrogens is 468 g/mol. The summed E-state index contributed by atoms with van der Waals surface area (Å²) in [5.74, 6) is 1.71. The lowest BCUT2D eigenvalue weighted by atomic mass is 9.72. The summed E-state index contributed by atoms with van der Waals surface area (Å²) in [7, 11) is 1.75. The fourth-order valence-electron chi connectivity index (χ4n) is 5.89. The van der Waals surface area contributed by atoms with E-state index in [1.807, 2.05) is 6.07 Å². The Hall–Kier alpha value is -3.18. The van der Waals surface area contributed by atoms with Crippen LogP contribution in [0.4, 0.5) is 17.1 Å². The van der Waals surface area contributed by atoms with Crippen LogP contribution in [0.5, 0.6) is 5.75 Å². The summed E-state index contributed by atoms with van der Waals surface area (Å²) in [6.45, 7) is 14.8. The minimum Gasteiger partial charge on any atom is -0.497 e. The van der Waals surface area contributed by atoms with Gasteiger partial charge in [0.1, 0.15) is 5.75 Å². The van der Waals surface area contributed by atoms with Crippen molar-refractivity contribution in [2.24, 2.45) is 0 Å². The van der Waals surface area contributed by atoms with Crippen LogP contribution in [0.15, 0.2) is 60.7 Å². The summed E-state index contributed by atoms with van der Waals surface area (Å²) in [6.07, 6.45) is 2.16. The van der Waals surface area contributed by atoms with E-state index in [0.717, 1.165) is 43.9 Å². The Kier molecular flexibility index (Phi) is 8.88. The van der Waals surface area contributed by atoms with Crippen LogP contribution >= 0.6 is 0 Å². The summed E-state index contributed by atoms with van der Waals surface area (Å²) < 4.78 is 5.61. The van der Waals surface area contributed by atoms with Gasteiger partial charge >= 0.3 is 0 Å². The molecule has 1 aliphatic heterocycles. The van der Waals surface area contributed by atoms with Crippen LogP contribution in [0.3, 0.4) is 0 Å². The number of para-hydroxylation sites is 1. The Labute approximate surface area is 229 Å².